The largest absolute Gasteiger partial charge is 0.293 e. The van der Waals surface area contributed by atoms with Crippen molar-refractivity contribution < 1.29 is 4.79 Å². The molecule has 0 aliphatic carbocycles. The maximum Gasteiger partial charge on any atom is 0.178 e. The van der Waals surface area contributed by atoms with E-state index >= 15 is 0 Å². The van der Waals surface area contributed by atoms with E-state index in [2.05, 4.69) is 4.98 Å². The number of aromatic nitrogens is 1. The summed E-state index contributed by atoms with van der Waals surface area (Å²) in [6, 6.07) is 5.37. The van der Waals surface area contributed by atoms with Gasteiger partial charge in [0.25, 0.3) is 0 Å². The van der Waals surface area contributed by atoms with Gasteiger partial charge in [-0.05, 0) is 17.7 Å². The van der Waals surface area contributed by atoms with Gasteiger partial charge in [-0.25, -0.2) is 4.98 Å². The van der Waals surface area contributed by atoms with Crippen molar-refractivity contribution in [3.8, 4) is 0 Å². The summed E-state index contributed by atoms with van der Waals surface area (Å²) in [6.45, 7) is 1.51. The second-order valence-electron chi connectivity index (χ2n) is 3.60. The molecular weight excluding hydrogens is 277 g/mol. The van der Waals surface area contributed by atoms with Crippen LogP contribution in [0.3, 0.4) is 0 Å². The van der Waals surface area contributed by atoms with Crippen molar-refractivity contribution in [2.24, 2.45) is 0 Å². The molecule has 1 heterocycles. The van der Waals surface area contributed by atoms with Gasteiger partial charge >= 0.3 is 0 Å². The van der Waals surface area contributed by atoms with Gasteiger partial charge in [-0.1, -0.05) is 29.3 Å². The lowest BCUT2D eigenvalue weighted by Gasteiger charge is -2.01. The van der Waals surface area contributed by atoms with E-state index in [1.165, 1.54) is 18.3 Å². The van der Waals surface area contributed by atoms with Gasteiger partial charge in [-0.3, -0.25) is 4.79 Å². The Hall–Kier alpha value is -0.900. The van der Waals surface area contributed by atoms with E-state index in [0.717, 1.165) is 10.6 Å². The van der Waals surface area contributed by atoms with Gasteiger partial charge in [-0.15, -0.1) is 11.3 Å². The number of nitrogens with zero attached hydrogens (tertiary/aromatic N) is 1. The van der Waals surface area contributed by atoms with E-state index in [9.17, 15) is 4.79 Å². The predicted molar refractivity (Wildman–Crippen MR) is 71.4 cm³/mol. The molecule has 0 saturated carbocycles. The molecule has 0 unspecified atom stereocenters. The lowest BCUT2D eigenvalue weighted by atomic mass is 10.1. The van der Waals surface area contributed by atoms with Crippen molar-refractivity contribution in [2.75, 3.05) is 0 Å². The molecule has 0 atom stereocenters. The van der Waals surface area contributed by atoms with Gasteiger partial charge in [0.2, 0.25) is 0 Å². The maximum atomic E-state index is 11.1. The van der Waals surface area contributed by atoms with Crippen LogP contribution in [0.25, 0.3) is 0 Å². The molecule has 88 valence electrons. The molecule has 0 N–H and O–H groups in total. The Bertz CT molecular complexity index is 565. The molecule has 0 bridgehead atoms. The van der Waals surface area contributed by atoms with Gasteiger partial charge in [0.05, 0.1) is 5.01 Å². The fourth-order valence-corrected chi connectivity index (χ4v) is 2.71. The van der Waals surface area contributed by atoms with Crippen LogP contribution in [0.15, 0.2) is 23.6 Å². The van der Waals surface area contributed by atoms with Crippen LogP contribution in [0.1, 0.15) is 28.0 Å². The third-order valence-corrected chi connectivity index (χ3v) is 3.71. The van der Waals surface area contributed by atoms with E-state index in [1.807, 2.05) is 6.07 Å². The second-order valence-corrected chi connectivity index (χ2v) is 5.38. The molecule has 2 nitrogen and oxygen atoms in total. The van der Waals surface area contributed by atoms with Crippen LogP contribution < -0.4 is 0 Å². The summed E-state index contributed by atoms with van der Waals surface area (Å²) < 4.78 is 0. The first-order chi connectivity index (χ1) is 8.06. The van der Waals surface area contributed by atoms with E-state index < -0.39 is 0 Å². The molecule has 0 saturated heterocycles. The average Bonchev–Trinajstić information content (AvgIpc) is 2.71. The van der Waals surface area contributed by atoms with Crippen LogP contribution in [0.4, 0.5) is 0 Å². The zero-order valence-electron chi connectivity index (χ0n) is 9.04. The molecule has 2 rings (SSSR count). The van der Waals surface area contributed by atoms with Crippen LogP contribution in [-0.4, -0.2) is 10.8 Å². The Morgan fingerprint density at radius 1 is 1.41 bits per heavy atom. The molecule has 1 aromatic carbocycles. The molecule has 0 fully saturated rings. The molecule has 5 heteroatoms. The highest BCUT2D eigenvalue weighted by molar-refractivity contribution is 7.09. The van der Waals surface area contributed by atoms with Gasteiger partial charge in [-0.2, -0.15) is 0 Å². The molecule has 0 aliphatic heterocycles. The van der Waals surface area contributed by atoms with Crippen LogP contribution in [0, 0.1) is 0 Å². The monoisotopic (exact) mass is 285 g/mol. The summed E-state index contributed by atoms with van der Waals surface area (Å²) in [5.74, 6) is -0.0188. The number of hydrogen-bond donors (Lipinski definition) is 0. The third kappa shape index (κ3) is 3.06. The molecule has 1 aromatic heterocycles. The highest BCUT2D eigenvalue weighted by Gasteiger charge is 2.08. The SMILES string of the molecule is CC(=O)c1csc(Cc2ccc(Cl)cc2Cl)n1. The lowest BCUT2D eigenvalue weighted by molar-refractivity contribution is 0.101. The molecule has 0 radical (unpaired) electrons. The summed E-state index contributed by atoms with van der Waals surface area (Å²) in [7, 11) is 0. The molecule has 0 amide bonds. The summed E-state index contributed by atoms with van der Waals surface area (Å²) in [5, 5.41) is 3.88. The van der Waals surface area contributed by atoms with Crippen molar-refractivity contribution in [3.05, 3.63) is 49.9 Å². The third-order valence-electron chi connectivity index (χ3n) is 2.27. The van der Waals surface area contributed by atoms with Gasteiger partial charge < -0.3 is 0 Å². The van der Waals surface area contributed by atoms with Gasteiger partial charge in [0.15, 0.2) is 5.78 Å². The van der Waals surface area contributed by atoms with E-state index in [1.54, 1.807) is 17.5 Å². The zero-order valence-corrected chi connectivity index (χ0v) is 11.4. The molecule has 0 spiro atoms. The van der Waals surface area contributed by atoms with Crippen LogP contribution in [-0.2, 0) is 6.42 Å². The second kappa shape index (κ2) is 5.17. The van der Waals surface area contributed by atoms with Crippen molar-refractivity contribution in [1.82, 2.24) is 4.98 Å². The first-order valence-electron chi connectivity index (χ1n) is 4.95. The van der Waals surface area contributed by atoms with Crippen LogP contribution >= 0.6 is 34.5 Å². The minimum absolute atomic E-state index is 0.0188. The fraction of sp³-hybridized carbons (Fsp3) is 0.167. The lowest BCUT2D eigenvalue weighted by Crippen LogP contribution is -1.94. The number of rotatable bonds is 3. The van der Waals surface area contributed by atoms with E-state index in [4.69, 9.17) is 23.2 Å². The first-order valence-corrected chi connectivity index (χ1v) is 6.59. The summed E-state index contributed by atoms with van der Waals surface area (Å²) in [4.78, 5) is 15.4. The van der Waals surface area contributed by atoms with Crippen LogP contribution in [0.2, 0.25) is 10.0 Å². The predicted octanol–water partition coefficient (Wildman–Crippen LogP) is 4.24. The molecule has 2 aromatic rings. The standard InChI is InChI=1S/C12H9Cl2NOS/c1-7(16)11-6-17-12(15-11)4-8-2-3-9(13)5-10(8)14/h2-3,5-6H,4H2,1H3. The summed E-state index contributed by atoms with van der Waals surface area (Å²) in [5.41, 5.74) is 1.47. The number of hydrogen-bond acceptors (Lipinski definition) is 3. The average molecular weight is 286 g/mol. The van der Waals surface area contributed by atoms with Crippen LogP contribution in [0.5, 0.6) is 0 Å². The number of carbonyl (C=O) groups excluding carboxylic acids is 1. The van der Waals surface area contributed by atoms with Crippen molar-refractivity contribution in [1.29, 1.82) is 0 Å². The topological polar surface area (TPSA) is 30.0 Å². The Morgan fingerprint density at radius 3 is 2.76 bits per heavy atom. The Morgan fingerprint density at radius 2 is 2.18 bits per heavy atom. The Labute approximate surface area is 113 Å². The van der Waals surface area contributed by atoms with E-state index in [0.29, 0.717) is 22.2 Å². The van der Waals surface area contributed by atoms with Crippen molar-refractivity contribution in [2.45, 2.75) is 13.3 Å². The van der Waals surface area contributed by atoms with Crippen molar-refractivity contribution >= 4 is 40.3 Å². The fourth-order valence-electron chi connectivity index (χ4n) is 1.38. The number of thiazole rings is 1. The minimum atomic E-state index is -0.0188. The van der Waals surface area contributed by atoms with E-state index in [-0.39, 0.29) is 5.78 Å². The Kier molecular flexibility index (Phi) is 3.82. The molecular formula is C12H9Cl2NOS. The maximum absolute atomic E-state index is 11.1. The number of ketones is 1. The van der Waals surface area contributed by atoms with Gasteiger partial charge in [0.1, 0.15) is 5.69 Å². The van der Waals surface area contributed by atoms with Crippen molar-refractivity contribution in [3.63, 3.8) is 0 Å². The Balaban J connectivity index is 2.22. The normalized spacial score (nSPS) is 10.5. The summed E-state index contributed by atoms with van der Waals surface area (Å²) >= 11 is 13.4. The quantitative estimate of drug-likeness (QED) is 0.790. The smallest absolute Gasteiger partial charge is 0.178 e. The molecule has 0 aliphatic rings. The summed E-state index contributed by atoms with van der Waals surface area (Å²) in [6.07, 6.45) is 0.619. The zero-order chi connectivity index (χ0) is 12.4. The number of benzene rings is 1. The minimum Gasteiger partial charge on any atom is -0.293 e. The highest BCUT2D eigenvalue weighted by Crippen LogP contribution is 2.24. The number of carbonyl (C=O) groups is 1. The molecule has 17 heavy (non-hydrogen) atoms. The number of halogens is 2. The first kappa shape index (κ1) is 12.6. The van der Waals surface area contributed by atoms with Gasteiger partial charge in [0, 0.05) is 28.8 Å². The highest BCUT2D eigenvalue weighted by atomic mass is 35.5. The number of Topliss-reactive ketones (excluding diaryl/α,β-unsaturated/α-hetero) is 1.